The van der Waals surface area contributed by atoms with E-state index in [9.17, 15) is 15.2 Å². The lowest BCUT2D eigenvalue weighted by Crippen LogP contribution is -2.04. The topological polar surface area (TPSA) is 124 Å². The second-order valence-electron chi connectivity index (χ2n) is 4.87. The molecule has 0 aliphatic rings. The van der Waals surface area contributed by atoms with Crippen LogP contribution in [0.15, 0.2) is 58.2 Å². The van der Waals surface area contributed by atoms with Crippen molar-refractivity contribution in [3.05, 3.63) is 70.1 Å². The van der Waals surface area contributed by atoms with Crippen LogP contribution in [0.1, 0.15) is 11.5 Å². The summed E-state index contributed by atoms with van der Waals surface area (Å²) < 4.78 is 5.21. The molecule has 1 aromatic heterocycles. The van der Waals surface area contributed by atoms with E-state index >= 15 is 0 Å². The molecule has 25 heavy (non-hydrogen) atoms. The van der Waals surface area contributed by atoms with Crippen molar-refractivity contribution in [2.45, 2.75) is 0 Å². The zero-order valence-corrected chi connectivity index (χ0v) is 13.0. The molecule has 0 saturated carbocycles. The number of aromatic nitrogens is 2. The molecule has 3 rings (SSSR count). The van der Waals surface area contributed by atoms with Gasteiger partial charge in [0.15, 0.2) is 11.5 Å². The number of nitro groups is 1. The van der Waals surface area contributed by atoms with Crippen LogP contribution in [0, 0.1) is 10.1 Å². The van der Waals surface area contributed by atoms with Gasteiger partial charge in [0.2, 0.25) is 5.82 Å². The van der Waals surface area contributed by atoms with Crippen LogP contribution in [0.4, 0.5) is 5.69 Å². The molecular weight excluding hydrogens is 328 g/mol. The van der Waals surface area contributed by atoms with Crippen LogP contribution in [-0.4, -0.2) is 33.0 Å². The summed E-state index contributed by atoms with van der Waals surface area (Å²) in [6, 6.07) is 12.9. The Morgan fingerprint density at radius 2 is 2.04 bits per heavy atom. The molecule has 0 atom stereocenters. The number of hydrogen-bond donors (Lipinski definition) is 1. The number of nitro benzene ring substituents is 1. The smallest absolute Gasteiger partial charge is 0.311 e. The van der Waals surface area contributed by atoms with Gasteiger partial charge in [0.25, 0.3) is 5.89 Å². The number of hydrogen-bond acceptors (Lipinski definition) is 8. The van der Waals surface area contributed by atoms with Crippen molar-refractivity contribution in [2.24, 2.45) is 5.16 Å². The summed E-state index contributed by atoms with van der Waals surface area (Å²) in [5.41, 5.74) is 0.911. The Kier molecular flexibility index (Phi) is 4.38. The standard InChI is InChI=1S/C16H12N4O5/c1-24-18-14(10-5-3-2-4-6-10)16-17-15(19-25-16)11-7-8-13(21)12(9-11)20(22)23/h2-9,21H,1H3. The van der Waals surface area contributed by atoms with Gasteiger partial charge < -0.3 is 14.5 Å². The van der Waals surface area contributed by atoms with Crippen molar-refractivity contribution >= 4 is 11.4 Å². The van der Waals surface area contributed by atoms with Crippen LogP contribution < -0.4 is 0 Å². The van der Waals surface area contributed by atoms with Gasteiger partial charge in [-0.1, -0.05) is 40.6 Å². The van der Waals surface area contributed by atoms with Crippen LogP contribution in [0.2, 0.25) is 0 Å². The summed E-state index contributed by atoms with van der Waals surface area (Å²) in [7, 11) is 1.39. The molecule has 2 aromatic carbocycles. The Morgan fingerprint density at radius 1 is 1.28 bits per heavy atom. The predicted octanol–water partition coefficient (Wildman–Crippen LogP) is 2.75. The third-order valence-corrected chi connectivity index (χ3v) is 3.29. The lowest BCUT2D eigenvalue weighted by atomic mass is 10.1. The fourth-order valence-corrected chi connectivity index (χ4v) is 2.15. The maximum Gasteiger partial charge on any atom is 0.311 e. The highest BCUT2D eigenvalue weighted by Gasteiger charge is 2.20. The van der Waals surface area contributed by atoms with Gasteiger partial charge in [0.1, 0.15) is 7.11 Å². The van der Waals surface area contributed by atoms with E-state index in [0.717, 1.165) is 0 Å². The average Bonchev–Trinajstić information content (AvgIpc) is 3.10. The lowest BCUT2D eigenvalue weighted by molar-refractivity contribution is -0.385. The van der Waals surface area contributed by atoms with Crippen molar-refractivity contribution in [3.8, 4) is 17.1 Å². The molecule has 0 aliphatic carbocycles. The minimum atomic E-state index is -0.693. The number of oxime groups is 1. The highest BCUT2D eigenvalue weighted by atomic mass is 16.6. The fraction of sp³-hybridized carbons (Fsp3) is 0.0625. The van der Waals surface area contributed by atoms with Crippen molar-refractivity contribution in [1.29, 1.82) is 0 Å². The molecule has 1 heterocycles. The van der Waals surface area contributed by atoms with E-state index in [4.69, 9.17) is 9.36 Å². The van der Waals surface area contributed by atoms with E-state index in [-0.39, 0.29) is 11.7 Å². The van der Waals surface area contributed by atoms with E-state index in [2.05, 4.69) is 15.3 Å². The largest absolute Gasteiger partial charge is 0.502 e. The second-order valence-corrected chi connectivity index (χ2v) is 4.87. The molecular formula is C16H12N4O5. The fourth-order valence-electron chi connectivity index (χ4n) is 2.15. The number of nitrogens with zero attached hydrogens (tertiary/aromatic N) is 4. The Bertz CT molecular complexity index is 937. The van der Waals surface area contributed by atoms with Gasteiger partial charge in [-0.05, 0) is 12.1 Å². The molecule has 0 spiro atoms. The zero-order chi connectivity index (χ0) is 17.8. The van der Waals surface area contributed by atoms with E-state index < -0.39 is 16.4 Å². The molecule has 1 N–H and O–H groups in total. The molecule has 0 amide bonds. The molecule has 0 saturated heterocycles. The van der Waals surface area contributed by atoms with Crippen LogP contribution in [0.3, 0.4) is 0 Å². The third-order valence-electron chi connectivity index (χ3n) is 3.29. The van der Waals surface area contributed by atoms with Gasteiger partial charge in [0, 0.05) is 17.2 Å². The van der Waals surface area contributed by atoms with Crippen molar-refractivity contribution in [3.63, 3.8) is 0 Å². The average molecular weight is 340 g/mol. The Labute approximate surface area is 141 Å². The van der Waals surface area contributed by atoms with E-state index in [1.165, 1.54) is 25.3 Å². The molecule has 3 aromatic rings. The first-order chi connectivity index (χ1) is 12.1. The maximum atomic E-state index is 10.9. The molecule has 0 fully saturated rings. The zero-order valence-electron chi connectivity index (χ0n) is 13.0. The van der Waals surface area contributed by atoms with Gasteiger partial charge in [-0.15, -0.1) is 0 Å². The Hall–Kier alpha value is -3.75. The van der Waals surface area contributed by atoms with E-state index in [1.807, 2.05) is 18.2 Å². The Balaban J connectivity index is 2.01. The first kappa shape index (κ1) is 16.1. The van der Waals surface area contributed by atoms with Crippen LogP contribution in [-0.2, 0) is 4.84 Å². The minimum absolute atomic E-state index is 0.0961. The summed E-state index contributed by atoms with van der Waals surface area (Å²) in [4.78, 5) is 19.3. The summed E-state index contributed by atoms with van der Waals surface area (Å²) >= 11 is 0. The predicted molar refractivity (Wildman–Crippen MR) is 87.1 cm³/mol. The van der Waals surface area contributed by atoms with Crippen molar-refractivity contribution < 1.29 is 19.4 Å². The van der Waals surface area contributed by atoms with Crippen LogP contribution >= 0.6 is 0 Å². The molecule has 9 nitrogen and oxygen atoms in total. The van der Waals surface area contributed by atoms with Gasteiger partial charge >= 0.3 is 5.69 Å². The maximum absolute atomic E-state index is 10.9. The van der Waals surface area contributed by atoms with Crippen molar-refractivity contribution in [2.75, 3.05) is 7.11 Å². The van der Waals surface area contributed by atoms with Crippen LogP contribution in [0.25, 0.3) is 11.4 Å². The molecule has 0 bridgehead atoms. The molecule has 9 heteroatoms. The quantitative estimate of drug-likeness (QED) is 0.430. The minimum Gasteiger partial charge on any atom is -0.502 e. The normalized spacial score (nSPS) is 11.3. The van der Waals surface area contributed by atoms with Gasteiger partial charge in [-0.3, -0.25) is 10.1 Å². The van der Waals surface area contributed by atoms with E-state index in [0.29, 0.717) is 16.8 Å². The van der Waals surface area contributed by atoms with Gasteiger partial charge in [0.05, 0.1) is 4.92 Å². The van der Waals surface area contributed by atoms with Gasteiger partial charge in [-0.25, -0.2) is 0 Å². The van der Waals surface area contributed by atoms with Gasteiger partial charge in [-0.2, -0.15) is 4.98 Å². The number of aromatic hydroxyl groups is 1. The SMILES string of the molecule is CON=C(c1ccccc1)c1nc(-c2ccc(O)c([N+](=O)[O-])c2)no1. The first-order valence-electron chi connectivity index (χ1n) is 7.08. The molecule has 126 valence electrons. The molecule has 0 unspecified atom stereocenters. The molecule has 0 aliphatic heterocycles. The monoisotopic (exact) mass is 340 g/mol. The lowest BCUT2D eigenvalue weighted by Gasteiger charge is -2.00. The highest BCUT2D eigenvalue weighted by molar-refractivity contribution is 6.09. The number of phenolic OH excluding ortho intramolecular Hbond substituents is 1. The summed E-state index contributed by atoms with van der Waals surface area (Å²) in [5.74, 6) is -0.222. The Morgan fingerprint density at radius 3 is 2.72 bits per heavy atom. The second kappa shape index (κ2) is 6.79. The number of phenols is 1. The highest BCUT2D eigenvalue weighted by Crippen LogP contribution is 2.30. The number of rotatable bonds is 5. The number of benzene rings is 2. The molecule has 0 radical (unpaired) electrons. The summed E-state index contributed by atoms with van der Waals surface area (Å²) in [6.07, 6.45) is 0. The van der Waals surface area contributed by atoms with E-state index in [1.54, 1.807) is 12.1 Å². The first-order valence-corrected chi connectivity index (χ1v) is 7.08. The summed E-state index contributed by atoms with van der Waals surface area (Å²) in [5, 5.41) is 28.2. The van der Waals surface area contributed by atoms with Crippen LogP contribution in [0.5, 0.6) is 5.75 Å². The van der Waals surface area contributed by atoms with Crippen molar-refractivity contribution in [1.82, 2.24) is 10.1 Å². The summed E-state index contributed by atoms with van der Waals surface area (Å²) in [6.45, 7) is 0. The third kappa shape index (κ3) is 3.29.